The van der Waals surface area contributed by atoms with Gasteiger partial charge in [-0.05, 0) is 36.4 Å². The van der Waals surface area contributed by atoms with Crippen molar-refractivity contribution in [2.45, 2.75) is 5.16 Å². The third-order valence-electron chi connectivity index (χ3n) is 4.24. The summed E-state index contributed by atoms with van der Waals surface area (Å²) in [6, 6.07) is 16.2. The number of ether oxygens (including phenoxy) is 1. The second-order valence-electron chi connectivity index (χ2n) is 6.11. The van der Waals surface area contributed by atoms with Crippen LogP contribution in [0, 0.1) is 0 Å². The number of para-hydroxylation sites is 1. The van der Waals surface area contributed by atoms with Gasteiger partial charge in [0.1, 0.15) is 5.58 Å². The summed E-state index contributed by atoms with van der Waals surface area (Å²) in [7, 11) is 1.33. The zero-order valence-corrected chi connectivity index (χ0v) is 16.9. The van der Waals surface area contributed by atoms with E-state index in [4.69, 9.17) is 20.8 Å². The Kier molecular flexibility index (Phi) is 5.42. The summed E-state index contributed by atoms with van der Waals surface area (Å²) in [5, 5.41) is 1.94. The Morgan fingerprint density at radius 3 is 2.72 bits per heavy atom. The van der Waals surface area contributed by atoms with E-state index in [0.29, 0.717) is 27.0 Å². The number of fused-ring (bicyclic) bond motifs is 1. The number of methoxy groups -OCH3 is 1. The first-order valence-corrected chi connectivity index (χ1v) is 10.00. The Morgan fingerprint density at radius 2 is 1.97 bits per heavy atom. The van der Waals surface area contributed by atoms with E-state index in [1.54, 1.807) is 35.0 Å². The van der Waals surface area contributed by atoms with Crippen LogP contribution in [-0.4, -0.2) is 28.4 Å². The number of halogens is 1. The smallest absolute Gasteiger partial charge is 0.345 e. The Hall–Kier alpha value is -3.03. The molecule has 2 aromatic carbocycles. The number of carbonyl (C=O) groups excluding carboxylic acids is 1. The lowest BCUT2D eigenvalue weighted by atomic mass is 10.1. The van der Waals surface area contributed by atoms with Crippen LogP contribution in [0.1, 0.15) is 0 Å². The first-order valence-electron chi connectivity index (χ1n) is 8.63. The second-order valence-corrected chi connectivity index (χ2v) is 7.48. The molecule has 0 aliphatic heterocycles. The molecule has 146 valence electrons. The maximum atomic E-state index is 12.5. The van der Waals surface area contributed by atoms with Crippen LogP contribution < -0.4 is 5.63 Å². The van der Waals surface area contributed by atoms with Crippen LogP contribution >= 0.6 is 23.4 Å². The average Bonchev–Trinajstić information content (AvgIpc) is 3.16. The molecule has 0 fully saturated rings. The molecule has 0 saturated carbocycles. The lowest BCUT2D eigenvalue weighted by Gasteiger charge is -2.06. The number of esters is 1. The van der Waals surface area contributed by atoms with Gasteiger partial charge < -0.3 is 9.15 Å². The number of thioether (sulfide) groups is 1. The number of hydrogen-bond donors (Lipinski definition) is 0. The number of nitrogens with zero attached hydrogens (tertiary/aromatic N) is 2. The van der Waals surface area contributed by atoms with Gasteiger partial charge in [0.25, 0.3) is 0 Å². The zero-order valence-electron chi connectivity index (χ0n) is 15.3. The van der Waals surface area contributed by atoms with Crippen molar-refractivity contribution in [1.82, 2.24) is 9.55 Å². The molecule has 29 heavy (non-hydrogen) atoms. The summed E-state index contributed by atoms with van der Waals surface area (Å²) in [5.41, 5.74) is 1.63. The molecule has 4 aromatic rings. The lowest BCUT2D eigenvalue weighted by molar-refractivity contribution is -0.137. The highest BCUT2D eigenvalue weighted by atomic mass is 35.5. The molecule has 6 nitrogen and oxygen atoms in total. The highest BCUT2D eigenvalue weighted by Gasteiger charge is 2.17. The Morgan fingerprint density at radius 1 is 1.21 bits per heavy atom. The quantitative estimate of drug-likeness (QED) is 0.264. The van der Waals surface area contributed by atoms with E-state index in [2.05, 4.69) is 4.98 Å². The summed E-state index contributed by atoms with van der Waals surface area (Å²) >= 11 is 7.21. The molecule has 0 bridgehead atoms. The van der Waals surface area contributed by atoms with E-state index in [-0.39, 0.29) is 11.7 Å². The van der Waals surface area contributed by atoms with Gasteiger partial charge in [-0.2, -0.15) is 0 Å². The van der Waals surface area contributed by atoms with E-state index in [0.717, 1.165) is 11.1 Å². The fraction of sp³-hybridized carbons (Fsp3) is 0.0952. The minimum absolute atomic E-state index is 0.0901. The van der Waals surface area contributed by atoms with Crippen LogP contribution in [0.3, 0.4) is 0 Å². The zero-order chi connectivity index (χ0) is 20.4. The topological polar surface area (TPSA) is 74.3 Å². The molecule has 0 saturated heterocycles. The molecule has 4 rings (SSSR count). The molecule has 2 aromatic heterocycles. The summed E-state index contributed by atoms with van der Waals surface area (Å²) in [4.78, 5) is 28.7. The largest absolute Gasteiger partial charge is 0.468 e. The molecular formula is C21H15ClN2O4S. The molecule has 0 radical (unpaired) electrons. The number of hydrogen-bond acceptors (Lipinski definition) is 6. The maximum Gasteiger partial charge on any atom is 0.345 e. The standard InChI is InChI=1S/C21H15ClN2O4S/c1-27-19(25)12-29-21-23-17(11-24(21)15-8-6-14(22)7-9-15)16-10-13-4-2-3-5-18(13)28-20(16)26/h2-11H,12H2,1H3. The minimum atomic E-state index is -0.478. The van der Waals surface area contributed by atoms with E-state index in [9.17, 15) is 9.59 Å². The lowest BCUT2D eigenvalue weighted by Crippen LogP contribution is -2.04. The molecular weight excluding hydrogens is 412 g/mol. The fourth-order valence-corrected chi connectivity index (χ4v) is 3.76. The van der Waals surface area contributed by atoms with Gasteiger partial charge in [-0.1, -0.05) is 41.6 Å². The number of imidazole rings is 1. The van der Waals surface area contributed by atoms with Crippen LogP contribution in [0.25, 0.3) is 27.9 Å². The normalized spacial score (nSPS) is 11.0. The van der Waals surface area contributed by atoms with Gasteiger partial charge in [0.2, 0.25) is 0 Å². The first kappa shape index (κ1) is 19.3. The van der Waals surface area contributed by atoms with Gasteiger partial charge in [0.15, 0.2) is 5.16 Å². The molecule has 0 N–H and O–H groups in total. The van der Waals surface area contributed by atoms with Crippen LogP contribution in [0.2, 0.25) is 5.02 Å². The summed E-state index contributed by atoms with van der Waals surface area (Å²) < 4.78 is 11.9. The molecule has 0 amide bonds. The number of carbonyl (C=O) groups is 1. The molecule has 2 heterocycles. The van der Waals surface area contributed by atoms with Crippen molar-refractivity contribution in [2.75, 3.05) is 12.9 Å². The third-order valence-corrected chi connectivity index (χ3v) is 5.42. The minimum Gasteiger partial charge on any atom is -0.468 e. The van der Waals surface area contributed by atoms with Gasteiger partial charge in [-0.15, -0.1) is 0 Å². The Bertz CT molecular complexity index is 1250. The van der Waals surface area contributed by atoms with E-state index >= 15 is 0 Å². The average molecular weight is 427 g/mol. The molecule has 0 spiro atoms. The SMILES string of the molecule is COC(=O)CSc1nc(-c2cc3ccccc3oc2=O)cn1-c1ccc(Cl)cc1. The number of aromatic nitrogens is 2. The second kappa shape index (κ2) is 8.14. The third kappa shape index (κ3) is 4.06. The van der Waals surface area contributed by atoms with Gasteiger partial charge in [0, 0.05) is 22.3 Å². The van der Waals surface area contributed by atoms with Gasteiger partial charge in [-0.25, -0.2) is 9.78 Å². The van der Waals surface area contributed by atoms with E-state index < -0.39 is 5.63 Å². The highest BCUT2D eigenvalue weighted by molar-refractivity contribution is 7.99. The van der Waals surface area contributed by atoms with E-state index in [1.807, 2.05) is 30.3 Å². The summed E-state index contributed by atoms with van der Waals surface area (Å²) in [6.45, 7) is 0. The van der Waals surface area contributed by atoms with E-state index in [1.165, 1.54) is 18.9 Å². The Balaban J connectivity index is 1.82. The summed E-state index contributed by atoms with van der Waals surface area (Å²) in [6.07, 6.45) is 1.74. The number of benzene rings is 2. The van der Waals surface area contributed by atoms with Crippen molar-refractivity contribution in [3.8, 4) is 16.9 Å². The van der Waals surface area contributed by atoms with Gasteiger partial charge in [-0.3, -0.25) is 9.36 Å². The predicted octanol–water partition coefficient (Wildman–Crippen LogP) is 4.56. The van der Waals surface area contributed by atoms with Gasteiger partial charge >= 0.3 is 11.6 Å². The molecule has 8 heteroatoms. The fourth-order valence-electron chi connectivity index (χ4n) is 2.80. The van der Waals surface area contributed by atoms with Crippen molar-refractivity contribution in [3.05, 3.63) is 76.2 Å². The molecule has 0 unspecified atom stereocenters. The molecule has 0 aliphatic carbocycles. The van der Waals surface area contributed by atoms with Crippen LogP contribution in [0.4, 0.5) is 0 Å². The summed E-state index contributed by atoms with van der Waals surface area (Å²) in [5.74, 6) is -0.278. The highest BCUT2D eigenvalue weighted by Crippen LogP contribution is 2.28. The van der Waals surface area contributed by atoms with Crippen LogP contribution in [-0.2, 0) is 9.53 Å². The molecule has 0 aliphatic rings. The maximum absolute atomic E-state index is 12.5. The van der Waals surface area contributed by atoms with Gasteiger partial charge in [0.05, 0.1) is 24.1 Å². The monoisotopic (exact) mass is 426 g/mol. The predicted molar refractivity (Wildman–Crippen MR) is 113 cm³/mol. The van der Waals surface area contributed by atoms with Crippen LogP contribution in [0.5, 0.6) is 0 Å². The Labute approximate surface area is 175 Å². The van der Waals surface area contributed by atoms with Crippen molar-refractivity contribution in [1.29, 1.82) is 0 Å². The number of rotatable bonds is 5. The van der Waals surface area contributed by atoms with Crippen molar-refractivity contribution < 1.29 is 13.9 Å². The van der Waals surface area contributed by atoms with Crippen LogP contribution in [0.15, 0.2) is 75.2 Å². The van der Waals surface area contributed by atoms with Crippen molar-refractivity contribution in [2.24, 2.45) is 0 Å². The van der Waals surface area contributed by atoms with Crippen molar-refractivity contribution in [3.63, 3.8) is 0 Å². The first-order chi connectivity index (χ1) is 14.0. The molecule has 0 atom stereocenters. The van der Waals surface area contributed by atoms with Crippen molar-refractivity contribution >= 4 is 40.3 Å².